The lowest BCUT2D eigenvalue weighted by Crippen LogP contribution is -2.06. The molecule has 0 saturated carbocycles. The van der Waals surface area contributed by atoms with Crippen LogP contribution in [0.15, 0.2) is 11.6 Å². The van der Waals surface area contributed by atoms with Gasteiger partial charge >= 0.3 is 0 Å². The van der Waals surface area contributed by atoms with Crippen molar-refractivity contribution in [3.63, 3.8) is 0 Å². The molecule has 0 fully saturated rings. The lowest BCUT2D eigenvalue weighted by atomic mass is 10.3. The third-order valence-electron chi connectivity index (χ3n) is 1.18. The van der Waals surface area contributed by atoms with Crippen molar-refractivity contribution in [3.05, 3.63) is 16.6 Å². The van der Waals surface area contributed by atoms with Crippen molar-refractivity contribution < 1.29 is 5.11 Å². The van der Waals surface area contributed by atoms with E-state index in [4.69, 9.17) is 5.73 Å². The van der Waals surface area contributed by atoms with Crippen LogP contribution in [-0.2, 0) is 0 Å². The molecule has 0 radical (unpaired) electrons. The highest BCUT2D eigenvalue weighted by atomic mass is 32.1. The molecule has 0 aliphatic carbocycles. The highest BCUT2D eigenvalue weighted by molar-refractivity contribution is 7.09. The van der Waals surface area contributed by atoms with Crippen LogP contribution in [0.1, 0.15) is 17.5 Å². The maximum Gasteiger partial charge on any atom is 0.121 e. The van der Waals surface area contributed by atoms with Gasteiger partial charge in [-0.25, -0.2) is 4.98 Å². The summed E-state index contributed by atoms with van der Waals surface area (Å²) in [5.41, 5.74) is 5.25. The standard InChI is InChI=1S/C6H10N2OS/c7-2-1-5(9)6-8-3-4-10-6/h3-5,9H,1-2,7H2/t5-/m1/s1. The molecule has 0 bridgehead atoms. The summed E-state index contributed by atoms with van der Waals surface area (Å²) in [7, 11) is 0. The van der Waals surface area contributed by atoms with Crippen molar-refractivity contribution >= 4 is 11.3 Å². The molecule has 3 nitrogen and oxygen atoms in total. The fraction of sp³-hybridized carbons (Fsp3) is 0.500. The molecule has 0 spiro atoms. The zero-order valence-electron chi connectivity index (χ0n) is 5.53. The molecule has 3 N–H and O–H groups in total. The Balaban J connectivity index is 2.50. The summed E-state index contributed by atoms with van der Waals surface area (Å²) in [6.07, 6.45) is 1.80. The number of aromatic nitrogens is 1. The Morgan fingerprint density at radius 3 is 3.10 bits per heavy atom. The third-order valence-corrected chi connectivity index (χ3v) is 2.05. The summed E-state index contributed by atoms with van der Waals surface area (Å²) in [6, 6.07) is 0. The Hall–Kier alpha value is -0.450. The average molecular weight is 158 g/mol. The molecule has 1 aromatic rings. The van der Waals surface area contributed by atoms with E-state index in [0.29, 0.717) is 13.0 Å². The Morgan fingerprint density at radius 1 is 1.80 bits per heavy atom. The number of nitrogens with two attached hydrogens (primary N) is 1. The Kier molecular flexibility index (Phi) is 2.80. The summed E-state index contributed by atoms with van der Waals surface area (Å²) in [6.45, 7) is 0.501. The second-order valence-corrected chi connectivity index (χ2v) is 2.89. The first-order valence-corrected chi connectivity index (χ1v) is 4.00. The molecular weight excluding hydrogens is 148 g/mol. The van der Waals surface area contributed by atoms with Crippen LogP contribution >= 0.6 is 11.3 Å². The number of aliphatic hydroxyl groups excluding tert-OH is 1. The zero-order valence-corrected chi connectivity index (χ0v) is 6.34. The molecule has 1 aromatic heterocycles. The van der Waals surface area contributed by atoms with Crippen molar-refractivity contribution in [2.45, 2.75) is 12.5 Å². The monoisotopic (exact) mass is 158 g/mol. The van der Waals surface area contributed by atoms with E-state index in [2.05, 4.69) is 4.98 Å². The second-order valence-electron chi connectivity index (χ2n) is 1.96. The Labute approximate surface area is 63.5 Å². The maximum absolute atomic E-state index is 9.28. The average Bonchev–Trinajstić information content (AvgIpc) is 2.38. The van der Waals surface area contributed by atoms with Crippen LogP contribution in [0.3, 0.4) is 0 Å². The molecule has 0 amide bonds. The quantitative estimate of drug-likeness (QED) is 0.674. The number of nitrogens with zero attached hydrogens (tertiary/aromatic N) is 1. The van der Waals surface area contributed by atoms with Crippen molar-refractivity contribution in [1.82, 2.24) is 4.98 Å². The topological polar surface area (TPSA) is 59.1 Å². The number of hydrogen-bond acceptors (Lipinski definition) is 4. The normalized spacial score (nSPS) is 13.4. The molecule has 0 saturated heterocycles. The molecule has 0 aliphatic rings. The van der Waals surface area contributed by atoms with Crippen LogP contribution in [0, 0.1) is 0 Å². The Bertz CT molecular complexity index is 176. The molecule has 0 unspecified atom stereocenters. The van der Waals surface area contributed by atoms with Crippen LogP contribution in [0.25, 0.3) is 0 Å². The van der Waals surface area contributed by atoms with Crippen molar-refractivity contribution in [2.24, 2.45) is 5.73 Å². The largest absolute Gasteiger partial charge is 0.386 e. The third kappa shape index (κ3) is 1.76. The first kappa shape index (κ1) is 7.65. The van der Waals surface area contributed by atoms with Gasteiger partial charge in [0.05, 0.1) is 0 Å². The van der Waals surface area contributed by atoms with Crippen LogP contribution in [0.4, 0.5) is 0 Å². The molecule has 4 heteroatoms. The molecule has 10 heavy (non-hydrogen) atoms. The number of thiazole rings is 1. The summed E-state index contributed by atoms with van der Waals surface area (Å²) in [5, 5.41) is 11.9. The fourth-order valence-corrected chi connectivity index (χ4v) is 1.34. The molecular formula is C6H10N2OS. The molecule has 1 rings (SSSR count). The van der Waals surface area contributed by atoms with E-state index in [1.54, 1.807) is 6.20 Å². The van der Waals surface area contributed by atoms with Gasteiger partial charge in [-0.15, -0.1) is 11.3 Å². The fourth-order valence-electron chi connectivity index (χ4n) is 0.680. The minimum atomic E-state index is -0.468. The predicted octanol–water partition coefficient (Wildman–Crippen LogP) is 0.525. The summed E-state index contributed by atoms with van der Waals surface area (Å²) < 4.78 is 0. The van der Waals surface area contributed by atoms with E-state index in [-0.39, 0.29) is 0 Å². The van der Waals surface area contributed by atoms with Crippen LogP contribution in [-0.4, -0.2) is 16.6 Å². The van der Waals surface area contributed by atoms with E-state index in [1.807, 2.05) is 5.38 Å². The highest BCUT2D eigenvalue weighted by Crippen LogP contribution is 2.17. The van der Waals surface area contributed by atoms with Gasteiger partial charge in [0.2, 0.25) is 0 Å². The lowest BCUT2D eigenvalue weighted by Gasteiger charge is -2.02. The van der Waals surface area contributed by atoms with Crippen molar-refractivity contribution in [3.8, 4) is 0 Å². The minimum absolute atomic E-state index is 0.468. The van der Waals surface area contributed by atoms with Gasteiger partial charge in [-0.05, 0) is 13.0 Å². The highest BCUT2D eigenvalue weighted by Gasteiger charge is 2.07. The van der Waals surface area contributed by atoms with E-state index in [0.717, 1.165) is 5.01 Å². The SMILES string of the molecule is NCC[C@@H](O)c1nccs1. The lowest BCUT2D eigenvalue weighted by molar-refractivity contribution is 0.170. The van der Waals surface area contributed by atoms with Gasteiger partial charge in [-0.2, -0.15) is 0 Å². The van der Waals surface area contributed by atoms with Crippen LogP contribution in [0.2, 0.25) is 0 Å². The molecule has 0 aliphatic heterocycles. The zero-order chi connectivity index (χ0) is 7.40. The molecule has 1 atom stereocenters. The summed E-state index contributed by atoms with van der Waals surface area (Å²) in [4.78, 5) is 3.95. The van der Waals surface area contributed by atoms with Gasteiger partial charge in [0.15, 0.2) is 0 Å². The first-order valence-electron chi connectivity index (χ1n) is 3.12. The minimum Gasteiger partial charge on any atom is -0.386 e. The number of aliphatic hydroxyl groups is 1. The van der Waals surface area contributed by atoms with E-state index in [1.165, 1.54) is 11.3 Å². The predicted molar refractivity (Wildman–Crippen MR) is 40.7 cm³/mol. The number of rotatable bonds is 3. The van der Waals surface area contributed by atoms with E-state index in [9.17, 15) is 5.11 Å². The Morgan fingerprint density at radius 2 is 2.60 bits per heavy atom. The van der Waals surface area contributed by atoms with Gasteiger partial charge in [-0.1, -0.05) is 0 Å². The van der Waals surface area contributed by atoms with Gasteiger partial charge in [0.25, 0.3) is 0 Å². The second kappa shape index (κ2) is 3.65. The summed E-state index contributed by atoms with van der Waals surface area (Å²) >= 11 is 1.45. The molecule has 0 aromatic carbocycles. The first-order chi connectivity index (χ1) is 4.84. The van der Waals surface area contributed by atoms with Gasteiger partial charge in [-0.3, -0.25) is 0 Å². The molecule has 56 valence electrons. The molecule has 1 heterocycles. The summed E-state index contributed by atoms with van der Waals surface area (Å²) in [5.74, 6) is 0. The van der Waals surface area contributed by atoms with E-state index >= 15 is 0 Å². The smallest absolute Gasteiger partial charge is 0.121 e. The van der Waals surface area contributed by atoms with E-state index < -0.39 is 6.10 Å². The number of hydrogen-bond donors (Lipinski definition) is 2. The van der Waals surface area contributed by atoms with Gasteiger partial charge in [0, 0.05) is 11.6 Å². The van der Waals surface area contributed by atoms with Crippen molar-refractivity contribution in [2.75, 3.05) is 6.54 Å². The van der Waals surface area contributed by atoms with Crippen LogP contribution < -0.4 is 5.73 Å². The maximum atomic E-state index is 9.28. The van der Waals surface area contributed by atoms with Gasteiger partial charge < -0.3 is 10.8 Å². The van der Waals surface area contributed by atoms with Gasteiger partial charge in [0.1, 0.15) is 11.1 Å². The van der Waals surface area contributed by atoms with Crippen molar-refractivity contribution in [1.29, 1.82) is 0 Å². The van der Waals surface area contributed by atoms with Crippen LogP contribution in [0.5, 0.6) is 0 Å².